The van der Waals surface area contributed by atoms with E-state index in [1.807, 2.05) is 6.07 Å². The average molecular weight is 273 g/mol. The third-order valence-corrected chi connectivity index (χ3v) is 5.11. The highest BCUT2D eigenvalue weighted by Gasteiger charge is 2.52. The maximum atomic E-state index is 6.19. The van der Waals surface area contributed by atoms with Crippen molar-refractivity contribution in [3.8, 4) is 0 Å². The predicted molar refractivity (Wildman–Crippen MR) is 83.2 cm³/mol. The Bertz CT molecular complexity index is 524. The number of hydrogen-bond donors (Lipinski definition) is 1. The van der Waals surface area contributed by atoms with Crippen LogP contribution in [0.25, 0.3) is 0 Å². The molecule has 1 aliphatic heterocycles. The van der Waals surface area contributed by atoms with Crippen molar-refractivity contribution in [2.24, 2.45) is 0 Å². The molecule has 1 heterocycles. The normalized spacial score (nSPS) is 23.7. The summed E-state index contributed by atoms with van der Waals surface area (Å²) in [4.78, 5) is 0. The first-order valence-electron chi connectivity index (χ1n) is 7.57. The molecule has 4 heteroatoms. The van der Waals surface area contributed by atoms with E-state index in [1.165, 1.54) is 29.4 Å². The molecular weight excluding hydrogens is 249 g/mol. The van der Waals surface area contributed by atoms with Crippen LogP contribution in [0.15, 0.2) is 12.1 Å². The third kappa shape index (κ3) is 2.06. The van der Waals surface area contributed by atoms with E-state index in [1.54, 1.807) is 0 Å². The van der Waals surface area contributed by atoms with Crippen molar-refractivity contribution in [3.63, 3.8) is 0 Å². The van der Waals surface area contributed by atoms with Gasteiger partial charge in [-0.2, -0.15) is 0 Å². The molecule has 0 aromatic heterocycles. The van der Waals surface area contributed by atoms with E-state index < -0.39 is 0 Å². The lowest BCUT2D eigenvalue weighted by molar-refractivity contribution is 0.00578. The molecule has 1 aromatic rings. The van der Waals surface area contributed by atoms with Crippen molar-refractivity contribution in [3.05, 3.63) is 23.3 Å². The fourth-order valence-electron chi connectivity index (χ4n) is 3.11. The molecule has 1 aromatic carbocycles. The van der Waals surface area contributed by atoms with Crippen LogP contribution in [-0.2, 0) is 22.2 Å². The molecule has 20 heavy (non-hydrogen) atoms. The van der Waals surface area contributed by atoms with Gasteiger partial charge in [0.2, 0.25) is 0 Å². The minimum Gasteiger partial charge on any atom is -0.399 e. The van der Waals surface area contributed by atoms with Crippen molar-refractivity contribution >= 4 is 18.3 Å². The van der Waals surface area contributed by atoms with Crippen LogP contribution >= 0.6 is 0 Å². The van der Waals surface area contributed by atoms with Crippen LogP contribution in [0.1, 0.15) is 51.7 Å². The zero-order chi connectivity index (χ0) is 14.5. The second-order valence-electron chi connectivity index (χ2n) is 7.00. The maximum Gasteiger partial charge on any atom is 0.495 e. The second kappa shape index (κ2) is 4.50. The summed E-state index contributed by atoms with van der Waals surface area (Å²) in [5.74, 6) is 0. The molecule has 0 saturated carbocycles. The summed E-state index contributed by atoms with van der Waals surface area (Å²) in [6.07, 6.45) is 4.61. The fraction of sp³-hybridized carbons (Fsp3) is 0.625. The van der Waals surface area contributed by atoms with Crippen molar-refractivity contribution < 1.29 is 9.31 Å². The molecule has 0 spiro atoms. The first kappa shape index (κ1) is 14.0. The number of anilines is 1. The lowest BCUT2D eigenvalue weighted by Gasteiger charge is -2.32. The van der Waals surface area contributed by atoms with E-state index in [0.717, 1.165) is 18.5 Å². The Morgan fingerprint density at radius 1 is 0.950 bits per heavy atom. The van der Waals surface area contributed by atoms with Gasteiger partial charge in [-0.25, -0.2) is 0 Å². The van der Waals surface area contributed by atoms with Crippen molar-refractivity contribution in [2.75, 3.05) is 5.73 Å². The Morgan fingerprint density at radius 3 is 2.10 bits per heavy atom. The van der Waals surface area contributed by atoms with E-state index in [-0.39, 0.29) is 18.3 Å². The molecule has 1 saturated heterocycles. The van der Waals surface area contributed by atoms with Gasteiger partial charge in [-0.05, 0) is 76.0 Å². The van der Waals surface area contributed by atoms with Crippen LogP contribution in [0.2, 0.25) is 0 Å². The quantitative estimate of drug-likeness (QED) is 0.631. The van der Waals surface area contributed by atoms with Gasteiger partial charge in [-0.3, -0.25) is 0 Å². The summed E-state index contributed by atoms with van der Waals surface area (Å²) in [5, 5.41) is 0. The van der Waals surface area contributed by atoms with Gasteiger partial charge >= 0.3 is 7.12 Å². The molecule has 0 radical (unpaired) electrons. The first-order chi connectivity index (χ1) is 9.32. The molecule has 1 fully saturated rings. The van der Waals surface area contributed by atoms with Gasteiger partial charge in [-0.1, -0.05) is 6.07 Å². The van der Waals surface area contributed by atoms with Gasteiger partial charge < -0.3 is 15.0 Å². The molecule has 0 unspecified atom stereocenters. The summed E-state index contributed by atoms with van der Waals surface area (Å²) in [6, 6.07) is 4.09. The second-order valence-corrected chi connectivity index (χ2v) is 7.00. The predicted octanol–water partition coefficient (Wildman–Crippen LogP) is 2.45. The Hall–Kier alpha value is -0.995. The number of rotatable bonds is 1. The van der Waals surface area contributed by atoms with Gasteiger partial charge in [0, 0.05) is 5.69 Å². The summed E-state index contributed by atoms with van der Waals surface area (Å²) < 4.78 is 12.4. The van der Waals surface area contributed by atoms with Crippen LogP contribution in [0, 0.1) is 0 Å². The number of hydrogen-bond acceptors (Lipinski definition) is 3. The van der Waals surface area contributed by atoms with Gasteiger partial charge in [0.1, 0.15) is 0 Å². The Balaban J connectivity index is 2.00. The lowest BCUT2D eigenvalue weighted by atomic mass is 9.71. The van der Waals surface area contributed by atoms with Crippen LogP contribution in [0.4, 0.5) is 5.69 Å². The molecule has 2 N–H and O–H groups in total. The van der Waals surface area contributed by atoms with E-state index >= 15 is 0 Å². The highest BCUT2D eigenvalue weighted by molar-refractivity contribution is 6.62. The van der Waals surface area contributed by atoms with E-state index in [2.05, 4.69) is 33.8 Å². The van der Waals surface area contributed by atoms with Gasteiger partial charge in [-0.15, -0.1) is 0 Å². The average Bonchev–Trinajstić information content (AvgIpc) is 2.59. The van der Waals surface area contributed by atoms with E-state index in [4.69, 9.17) is 15.0 Å². The zero-order valence-electron chi connectivity index (χ0n) is 13.0. The lowest BCUT2D eigenvalue weighted by Crippen LogP contribution is -2.41. The Morgan fingerprint density at radius 2 is 1.50 bits per heavy atom. The molecule has 0 bridgehead atoms. The molecule has 3 nitrogen and oxygen atoms in total. The molecule has 2 aliphatic rings. The molecule has 0 amide bonds. The van der Waals surface area contributed by atoms with Crippen LogP contribution < -0.4 is 11.2 Å². The molecule has 0 atom stereocenters. The monoisotopic (exact) mass is 273 g/mol. The molecule has 108 valence electrons. The zero-order valence-corrected chi connectivity index (χ0v) is 13.0. The summed E-state index contributed by atoms with van der Waals surface area (Å²) in [5.41, 5.74) is 10.3. The standard InChI is InChI=1S/C16H24BNO2/c1-15(2)16(3,4)20-17(19-15)13-9-10-14(18)12-8-6-5-7-11(12)13/h9-10H,5-8,18H2,1-4H3. The molecule has 3 rings (SSSR count). The molecular formula is C16H24BNO2. The largest absolute Gasteiger partial charge is 0.495 e. The first-order valence-corrected chi connectivity index (χ1v) is 7.57. The summed E-state index contributed by atoms with van der Waals surface area (Å²) in [6.45, 7) is 8.38. The summed E-state index contributed by atoms with van der Waals surface area (Å²) in [7, 11) is -0.271. The van der Waals surface area contributed by atoms with Crippen LogP contribution in [-0.4, -0.2) is 18.3 Å². The minimum atomic E-state index is -0.291. The topological polar surface area (TPSA) is 44.5 Å². The summed E-state index contributed by atoms with van der Waals surface area (Å²) >= 11 is 0. The van der Waals surface area contributed by atoms with E-state index in [9.17, 15) is 0 Å². The van der Waals surface area contributed by atoms with Gasteiger partial charge in [0.15, 0.2) is 0 Å². The van der Waals surface area contributed by atoms with Crippen molar-refractivity contribution in [2.45, 2.75) is 64.6 Å². The van der Waals surface area contributed by atoms with Gasteiger partial charge in [0.05, 0.1) is 11.2 Å². The molecule has 1 aliphatic carbocycles. The Kier molecular flexibility index (Phi) is 3.14. The number of fused-ring (bicyclic) bond motifs is 1. The minimum absolute atomic E-state index is 0.271. The van der Waals surface area contributed by atoms with E-state index in [0.29, 0.717) is 0 Å². The number of nitrogen functional groups attached to an aromatic ring is 1. The number of benzene rings is 1. The third-order valence-electron chi connectivity index (χ3n) is 5.11. The van der Waals surface area contributed by atoms with Crippen molar-refractivity contribution in [1.29, 1.82) is 0 Å². The van der Waals surface area contributed by atoms with Crippen LogP contribution in [0.5, 0.6) is 0 Å². The van der Waals surface area contributed by atoms with Gasteiger partial charge in [0.25, 0.3) is 0 Å². The Labute approximate surface area is 122 Å². The SMILES string of the molecule is CC1(C)OB(c2ccc(N)c3c2CCCC3)OC1(C)C. The smallest absolute Gasteiger partial charge is 0.399 e. The van der Waals surface area contributed by atoms with Crippen LogP contribution in [0.3, 0.4) is 0 Å². The maximum absolute atomic E-state index is 6.19. The highest BCUT2D eigenvalue weighted by Crippen LogP contribution is 2.37. The highest BCUT2D eigenvalue weighted by atomic mass is 16.7. The number of nitrogens with two attached hydrogens (primary N) is 1. The van der Waals surface area contributed by atoms with Crippen molar-refractivity contribution in [1.82, 2.24) is 0 Å². The fourth-order valence-corrected chi connectivity index (χ4v) is 3.11.